The number of anilines is 4. The quantitative estimate of drug-likeness (QED) is 0.250. The van der Waals surface area contributed by atoms with Gasteiger partial charge in [0, 0.05) is 65.5 Å². The van der Waals surface area contributed by atoms with Gasteiger partial charge < -0.3 is 25.4 Å². The fraction of sp³-hybridized carbons (Fsp3) is 0.303. The first-order valence-corrected chi connectivity index (χ1v) is 14.9. The van der Waals surface area contributed by atoms with Gasteiger partial charge >= 0.3 is 0 Å². The minimum absolute atomic E-state index is 0.0132. The maximum Gasteiger partial charge on any atom is 0.259 e. The molecular formula is C33H35N9O2. The van der Waals surface area contributed by atoms with Gasteiger partial charge in [-0.2, -0.15) is 5.10 Å². The van der Waals surface area contributed by atoms with Crippen molar-refractivity contribution in [3.05, 3.63) is 77.2 Å². The van der Waals surface area contributed by atoms with E-state index in [1.807, 2.05) is 76.6 Å². The Labute approximate surface area is 255 Å². The van der Waals surface area contributed by atoms with Crippen LogP contribution in [0.5, 0.6) is 0 Å². The van der Waals surface area contributed by atoms with Crippen LogP contribution in [-0.4, -0.2) is 61.6 Å². The number of fused-ring (bicyclic) bond motifs is 2. The summed E-state index contributed by atoms with van der Waals surface area (Å²) in [7, 11) is 3.94. The first kappa shape index (κ1) is 27.8. The molecule has 0 radical (unpaired) electrons. The summed E-state index contributed by atoms with van der Waals surface area (Å²) in [5.41, 5.74) is 7.41. The molecule has 0 spiro atoms. The molecular weight excluding hydrogens is 554 g/mol. The van der Waals surface area contributed by atoms with Gasteiger partial charge in [0.15, 0.2) is 5.82 Å². The molecule has 3 aromatic heterocycles. The molecule has 1 saturated heterocycles. The highest BCUT2D eigenvalue weighted by molar-refractivity contribution is 6.15. The highest BCUT2D eigenvalue weighted by Crippen LogP contribution is 2.39. The van der Waals surface area contributed by atoms with E-state index in [0.717, 1.165) is 70.6 Å². The number of aromatic amines is 1. The van der Waals surface area contributed by atoms with Crippen LogP contribution in [0.2, 0.25) is 0 Å². The van der Waals surface area contributed by atoms with Crippen molar-refractivity contribution in [2.45, 2.75) is 33.2 Å². The van der Waals surface area contributed by atoms with Gasteiger partial charge in [-0.25, -0.2) is 9.97 Å². The summed E-state index contributed by atoms with van der Waals surface area (Å²) < 4.78 is 1.79. The summed E-state index contributed by atoms with van der Waals surface area (Å²) >= 11 is 0. The van der Waals surface area contributed by atoms with E-state index in [1.165, 1.54) is 0 Å². The van der Waals surface area contributed by atoms with Gasteiger partial charge in [0.25, 0.3) is 5.91 Å². The molecule has 2 aliphatic heterocycles. The van der Waals surface area contributed by atoms with Crippen LogP contribution in [0.4, 0.5) is 23.1 Å². The lowest BCUT2D eigenvalue weighted by Crippen LogP contribution is -2.38. The zero-order valence-electron chi connectivity index (χ0n) is 25.3. The van der Waals surface area contributed by atoms with Crippen molar-refractivity contribution in [1.29, 1.82) is 0 Å². The van der Waals surface area contributed by atoms with Crippen molar-refractivity contribution in [2.75, 3.05) is 35.7 Å². The van der Waals surface area contributed by atoms with Gasteiger partial charge in [0.05, 0.1) is 29.4 Å². The van der Waals surface area contributed by atoms with E-state index >= 15 is 0 Å². The molecule has 3 N–H and O–H groups in total. The second-order valence-electron chi connectivity index (χ2n) is 11.9. The molecule has 44 heavy (non-hydrogen) atoms. The predicted octanol–water partition coefficient (Wildman–Crippen LogP) is 5.16. The number of nitrogens with one attached hydrogen (secondary N) is 3. The third-order valence-corrected chi connectivity index (χ3v) is 8.79. The Morgan fingerprint density at radius 2 is 1.93 bits per heavy atom. The molecule has 11 nitrogen and oxygen atoms in total. The molecule has 11 heteroatoms. The average Bonchev–Trinajstić information content (AvgIpc) is 3.69. The summed E-state index contributed by atoms with van der Waals surface area (Å²) in [6.07, 6.45) is 5.61. The molecule has 1 unspecified atom stereocenters. The third-order valence-electron chi connectivity index (χ3n) is 8.79. The smallest absolute Gasteiger partial charge is 0.259 e. The lowest BCUT2D eigenvalue weighted by Gasteiger charge is -2.28. The number of aromatic nitrogens is 5. The van der Waals surface area contributed by atoms with Crippen molar-refractivity contribution in [3.63, 3.8) is 0 Å². The number of aryl methyl sites for hydroxylation is 3. The van der Waals surface area contributed by atoms with E-state index in [9.17, 15) is 9.59 Å². The molecule has 5 aromatic rings. The fourth-order valence-electron chi connectivity index (χ4n) is 6.33. The lowest BCUT2D eigenvalue weighted by atomic mass is 9.97. The average molecular weight is 590 g/mol. The van der Waals surface area contributed by atoms with Crippen molar-refractivity contribution in [3.8, 4) is 11.3 Å². The van der Waals surface area contributed by atoms with Gasteiger partial charge in [-0.1, -0.05) is 18.2 Å². The zero-order chi connectivity index (χ0) is 30.5. The van der Waals surface area contributed by atoms with Crippen LogP contribution in [0.1, 0.15) is 40.0 Å². The highest BCUT2D eigenvalue weighted by atomic mass is 16.2. The van der Waals surface area contributed by atoms with Crippen LogP contribution >= 0.6 is 0 Å². The minimum Gasteiger partial charge on any atom is -0.359 e. The molecule has 2 aliphatic rings. The lowest BCUT2D eigenvalue weighted by molar-refractivity contribution is -0.121. The Hall–Kier alpha value is -5.03. The first-order chi connectivity index (χ1) is 21.3. The Bertz CT molecular complexity index is 1900. The van der Waals surface area contributed by atoms with Gasteiger partial charge in [-0.15, -0.1) is 0 Å². The molecule has 7 rings (SSSR count). The summed E-state index contributed by atoms with van der Waals surface area (Å²) in [6, 6.07) is 13.4. The normalized spacial score (nSPS) is 16.9. The van der Waals surface area contributed by atoms with Crippen molar-refractivity contribution >= 4 is 45.9 Å². The van der Waals surface area contributed by atoms with E-state index in [4.69, 9.17) is 4.98 Å². The SMILES string of the molecule is Cc1cnc(Nc2cc(C)n(C)n2)nc1-c1c[nH]c2c(N3Cc4c(NC(=O)C5CCCN(C)C5)cccc4C3=O)cccc12. The Morgan fingerprint density at radius 3 is 2.73 bits per heavy atom. The van der Waals surface area contributed by atoms with E-state index in [0.29, 0.717) is 29.6 Å². The molecule has 0 aliphatic carbocycles. The minimum atomic E-state index is -0.0903. The molecule has 5 heterocycles. The molecule has 2 aromatic carbocycles. The summed E-state index contributed by atoms with van der Waals surface area (Å²) in [4.78, 5) is 43.6. The topological polar surface area (TPSA) is 124 Å². The summed E-state index contributed by atoms with van der Waals surface area (Å²) in [5, 5.41) is 11.8. The largest absolute Gasteiger partial charge is 0.359 e. The number of hydrogen-bond acceptors (Lipinski definition) is 7. The molecule has 1 atom stereocenters. The van der Waals surface area contributed by atoms with E-state index in [-0.39, 0.29) is 17.7 Å². The number of benzene rings is 2. The van der Waals surface area contributed by atoms with Gasteiger partial charge in [0.2, 0.25) is 11.9 Å². The van der Waals surface area contributed by atoms with Crippen LogP contribution in [0.15, 0.2) is 54.9 Å². The van der Waals surface area contributed by atoms with Gasteiger partial charge in [0.1, 0.15) is 0 Å². The van der Waals surface area contributed by atoms with Crippen molar-refractivity contribution in [1.82, 2.24) is 29.6 Å². The van der Waals surface area contributed by atoms with Crippen LogP contribution in [0.3, 0.4) is 0 Å². The number of piperidine rings is 1. The monoisotopic (exact) mass is 589 g/mol. The van der Waals surface area contributed by atoms with E-state index in [2.05, 4.69) is 30.6 Å². The zero-order valence-corrected chi connectivity index (χ0v) is 25.3. The number of carbonyl (C=O) groups is 2. The molecule has 0 bridgehead atoms. The Kier molecular flexibility index (Phi) is 6.89. The Morgan fingerprint density at radius 1 is 1.09 bits per heavy atom. The number of H-pyrrole nitrogens is 1. The fourth-order valence-corrected chi connectivity index (χ4v) is 6.33. The third kappa shape index (κ3) is 4.88. The van der Waals surface area contributed by atoms with Crippen molar-refractivity contribution in [2.24, 2.45) is 13.0 Å². The van der Waals surface area contributed by atoms with Crippen LogP contribution in [0.25, 0.3) is 22.2 Å². The van der Waals surface area contributed by atoms with Gasteiger partial charge in [-0.3, -0.25) is 14.3 Å². The second kappa shape index (κ2) is 10.9. The number of likely N-dealkylation sites (tertiary alicyclic amines) is 1. The van der Waals surface area contributed by atoms with E-state index in [1.54, 1.807) is 15.8 Å². The van der Waals surface area contributed by atoms with Gasteiger partial charge in [-0.05, 0) is 64.0 Å². The van der Waals surface area contributed by atoms with E-state index < -0.39 is 0 Å². The number of hydrogen-bond donors (Lipinski definition) is 3. The molecule has 2 amide bonds. The Balaban J connectivity index is 1.18. The maximum atomic E-state index is 13.8. The van der Waals surface area contributed by atoms with Crippen LogP contribution < -0.4 is 15.5 Å². The maximum absolute atomic E-state index is 13.8. The van der Waals surface area contributed by atoms with Crippen LogP contribution in [0, 0.1) is 19.8 Å². The number of amides is 2. The second-order valence-corrected chi connectivity index (χ2v) is 11.9. The molecule has 224 valence electrons. The number of rotatable bonds is 6. The standard InChI is InChI=1S/C33H35N9O2/c1-19-15-35-33(37-28-14-20(2)41(4)39-28)38-29(19)24-16-34-30-22(24)9-6-12-27(30)42-18-25-23(32(42)44)10-5-11-26(25)36-31(43)21-8-7-13-40(3)17-21/h5-6,9-12,14-16,21,34H,7-8,13,17-18H2,1-4H3,(H,36,43)(H,35,37,38,39). The highest BCUT2D eigenvalue weighted by Gasteiger charge is 2.33. The van der Waals surface area contributed by atoms with Crippen LogP contribution in [-0.2, 0) is 18.4 Å². The number of para-hydroxylation sites is 1. The number of nitrogens with zero attached hydrogens (tertiary/aromatic N) is 6. The van der Waals surface area contributed by atoms with Crippen molar-refractivity contribution < 1.29 is 9.59 Å². The summed E-state index contributed by atoms with van der Waals surface area (Å²) in [5.74, 6) is 0.994. The summed E-state index contributed by atoms with van der Waals surface area (Å²) in [6.45, 7) is 6.09. The predicted molar refractivity (Wildman–Crippen MR) is 171 cm³/mol. The molecule has 1 fully saturated rings. The molecule has 0 saturated carbocycles. The number of carbonyl (C=O) groups excluding carboxylic acids is 2. The first-order valence-electron chi connectivity index (χ1n) is 14.9.